The van der Waals surface area contributed by atoms with Crippen LogP contribution in [0.5, 0.6) is 0 Å². The van der Waals surface area contributed by atoms with E-state index < -0.39 is 133 Å². The van der Waals surface area contributed by atoms with Gasteiger partial charge in [0.05, 0.1) is 125 Å². The fourth-order valence-electron chi connectivity index (χ4n) is 9.15. The number of carbonyl (C=O) groups excluding carboxylic acids is 12. The molecule has 2 rings (SSSR count). The smallest absolute Gasteiger partial charge is 0.306 e. The van der Waals surface area contributed by atoms with E-state index >= 15 is 0 Å². The summed E-state index contributed by atoms with van der Waals surface area (Å²) in [5.41, 5.74) is -2.99. The number of ether oxygens (including phenoxy) is 14. The van der Waals surface area contributed by atoms with E-state index in [0.29, 0.717) is 5.92 Å². The Hall–Kier alpha value is -2.89. The first-order valence-corrected chi connectivity index (χ1v) is 46.8. The van der Waals surface area contributed by atoms with Crippen LogP contribution < -0.4 is 0 Å². The van der Waals surface area contributed by atoms with Crippen molar-refractivity contribution in [2.75, 3.05) is 140 Å². The lowest BCUT2D eigenvalue weighted by Crippen LogP contribution is -2.47. The molecule has 0 spiro atoms. The van der Waals surface area contributed by atoms with Crippen molar-refractivity contribution >= 4 is 258 Å². The highest BCUT2D eigenvalue weighted by molar-refractivity contribution is 8.00. The van der Waals surface area contributed by atoms with E-state index in [-0.39, 0.29) is 209 Å². The van der Waals surface area contributed by atoms with Gasteiger partial charge >= 0.3 is 71.6 Å². The quantitative estimate of drug-likeness (QED) is 0.00962. The molecular formula is C75H120N2O26S15. The van der Waals surface area contributed by atoms with Crippen LogP contribution in [0.15, 0.2) is 28.6 Å². The van der Waals surface area contributed by atoms with Crippen molar-refractivity contribution in [2.45, 2.75) is 186 Å². The highest BCUT2D eigenvalue weighted by Crippen LogP contribution is 2.31. The van der Waals surface area contributed by atoms with Crippen LogP contribution >= 0.6 is 187 Å². The first-order chi connectivity index (χ1) is 55.7. The number of esters is 12. The lowest BCUT2D eigenvalue weighted by atomic mass is 9.90. The van der Waals surface area contributed by atoms with Gasteiger partial charge in [-0.25, -0.2) is 0 Å². The number of rotatable bonds is 61. The number of hydrogen-bond donors (Lipinski definition) is 13. The minimum absolute atomic E-state index is 0.0189. The average molecular weight is 1950 g/mol. The maximum atomic E-state index is 12.7. The van der Waals surface area contributed by atoms with Crippen LogP contribution in [0, 0.1) is 25.6 Å². The van der Waals surface area contributed by atoms with Gasteiger partial charge in [-0.05, 0) is 35.7 Å². The van der Waals surface area contributed by atoms with Gasteiger partial charge in [-0.1, -0.05) is 103 Å². The maximum Gasteiger partial charge on any atom is 0.306 e. The highest BCUT2D eigenvalue weighted by Gasteiger charge is 2.44. The summed E-state index contributed by atoms with van der Waals surface area (Å²) >= 11 is 58.0. The van der Waals surface area contributed by atoms with Gasteiger partial charge in [-0.2, -0.15) is 157 Å². The Morgan fingerprint density at radius 1 is 0.356 bits per heavy atom. The normalized spacial score (nSPS) is 14.1. The topological polar surface area (TPSA) is 363 Å². The molecule has 0 bridgehead atoms. The molecule has 0 saturated carbocycles. The van der Waals surface area contributed by atoms with Crippen LogP contribution in [0.1, 0.15) is 156 Å². The molecule has 118 heavy (non-hydrogen) atoms. The van der Waals surface area contributed by atoms with Crippen molar-refractivity contribution in [1.29, 1.82) is 0 Å². The number of nitrogens with one attached hydrogen (secondary N) is 1. The minimum atomic E-state index is -1.46. The summed E-state index contributed by atoms with van der Waals surface area (Å²) in [5, 5.41) is 4.99. The lowest BCUT2D eigenvalue weighted by molar-refractivity contribution is -0.179. The number of thioether (sulfide) groups is 1. The second kappa shape index (κ2) is 66.6. The molecule has 0 saturated heterocycles. The zero-order chi connectivity index (χ0) is 89.3. The largest absolute Gasteiger partial charge is 0.465 e. The predicted molar refractivity (Wildman–Crippen MR) is 494 cm³/mol. The number of H-pyrrole nitrogens is 1. The Labute approximate surface area is 773 Å². The maximum absolute atomic E-state index is 12.7. The fourth-order valence-corrected chi connectivity index (χ4v) is 13.2. The molecule has 43 heteroatoms. The van der Waals surface area contributed by atoms with Crippen LogP contribution in [0.2, 0.25) is 0 Å². The van der Waals surface area contributed by atoms with E-state index in [4.69, 9.17) is 78.5 Å². The minimum Gasteiger partial charge on any atom is -0.465 e. The van der Waals surface area contributed by atoms with E-state index in [9.17, 15) is 57.5 Å². The van der Waals surface area contributed by atoms with E-state index in [2.05, 4.69) is 200 Å². The number of nitrogens with zero attached hydrogens (tertiary/aromatic N) is 1. The van der Waals surface area contributed by atoms with E-state index in [1.165, 1.54) is 28.9 Å². The summed E-state index contributed by atoms with van der Waals surface area (Å²) in [6.07, 6.45) is 0.821. The third kappa shape index (κ3) is 57.6. The molecule has 1 N–H and O–H groups in total. The molecule has 0 aliphatic rings. The second-order valence-corrected chi connectivity index (χ2v) is 39.2. The van der Waals surface area contributed by atoms with Gasteiger partial charge in [0.25, 0.3) is 0 Å². The van der Waals surface area contributed by atoms with Crippen molar-refractivity contribution < 1.29 is 124 Å². The van der Waals surface area contributed by atoms with Crippen molar-refractivity contribution in [1.82, 2.24) is 10.2 Å². The zero-order valence-corrected chi connectivity index (χ0v) is 81.1. The van der Waals surface area contributed by atoms with Crippen LogP contribution in [0.25, 0.3) is 0 Å². The van der Waals surface area contributed by atoms with Crippen LogP contribution in [-0.2, 0) is 130 Å². The third-order valence-electron chi connectivity index (χ3n) is 15.7. The molecule has 0 radical (unpaired) electrons. The number of aromatic nitrogens is 2. The van der Waals surface area contributed by atoms with Crippen molar-refractivity contribution in [3.63, 3.8) is 0 Å². The van der Waals surface area contributed by atoms with Gasteiger partial charge < -0.3 is 66.3 Å². The van der Waals surface area contributed by atoms with E-state index in [1.54, 1.807) is 53.3 Å². The molecule has 0 aliphatic carbocycles. The number of carbonyl (C=O) groups is 12. The first kappa shape index (κ1) is 115. The number of benzene rings is 1. The number of aromatic amines is 1. The Balaban J connectivity index is 0.00000192. The molecule has 7 unspecified atom stereocenters. The Morgan fingerprint density at radius 3 is 0.729 bits per heavy atom. The summed E-state index contributed by atoms with van der Waals surface area (Å²) in [5.74, 6) is -4.47. The van der Waals surface area contributed by atoms with E-state index in [0.717, 1.165) is 14.0 Å². The van der Waals surface area contributed by atoms with Gasteiger partial charge in [0, 0.05) is 71.8 Å². The van der Waals surface area contributed by atoms with E-state index in [1.807, 2.05) is 0 Å². The number of thiol groups is 12. The molecule has 0 amide bonds. The molecule has 676 valence electrons. The average Bonchev–Trinajstić information content (AvgIpc) is 0.888. The predicted octanol–water partition coefficient (Wildman–Crippen LogP) is 11.6. The van der Waals surface area contributed by atoms with Gasteiger partial charge in [-0.15, -0.1) is 0 Å². The Morgan fingerprint density at radius 2 is 0.559 bits per heavy atom. The molecule has 2 aromatic rings. The van der Waals surface area contributed by atoms with Crippen molar-refractivity contribution in [3.05, 3.63) is 39.3 Å². The standard InChI is InChI=1S/C34H58O13S6.C28H46O13S6.C13H16N2S3/c1-21(48)7-27(35)42-15-33(16-43-28(36)8-22(2)49,17-44-29(37)9-23(3)50)13-41-14-34(18-45-30(38)10-24(4)51,19-46-31(39)11-25(5)52)20-47-32(40)12-26(6)53;29-21(1-7-42)36-15-27(16-37-22(30)2-8-43,17-38-23(31)3-9-44)13-35-14-28(18-39-24(32)4-10-45,19-40-25(33)5-11-46)20-41-26(34)6-12-47;1-3-9(2)11-6-4-10(5-7-11)8-17-13-15-14-12(16)18-13/h21-26,48-53H,7-20H2,1-6H3;42-47H,1-20H2;4-7,9H,3,8H2,1-2H3,(H,14,16). The van der Waals surface area contributed by atoms with Gasteiger partial charge in [0.2, 0.25) is 0 Å². The Bertz CT molecular complexity index is 2930. The van der Waals surface area contributed by atoms with Crippen LogP contribution in [0.3, 0.4) is 0 Å². The van der Waals surface area contributed by atoms with Crippen molar-refractivity contribution in [2.24, 2.45) is 21.7 Å². The van der Waals surface area contributed by atoms with Gasteiger partial charge in [0.15, 0.2) is 8.29 Å². The number of hydrogen-bond acceptors (Lipinski definition) is 42. The summed E-state index contributed by atoms with van der Waals surface area (Å²) in [6, 6.07) is 8.88. The molecule has 1 aromatic carbocycles. The summed E-state index contributed by atoms with van der Waals surface area (Å²) < 4.78 is 80.0. The fraction of sp³-hybridized carbons (Fsp3) is 0.733. The summed E-state index contributed by atoms with van der Waals surface area (Å²) in [7, 11) is 0. The van der Waals surface area contributed by atoms with Crippen LogP contribution in [0.4, 0.5) is 0 Å². The molecule has 0 fully saturated rings. The zero-order valence-electron chi connectivity index (χ0n) is 68.0. The van der Waals surface area contributed by atoms with Gasteiger partial charge in [-0.3, -0.25) is 62.6 Å². The molecule has 28 nitrogen and oxygen atoms in total. The van der Waals surface area contributed by atoms with Gasteiger partial charge in [0.1, 0.15) is 79.3 Å². The molecule has 7 atom stereocenters. The lowest BCUT2D eigenvalue weighted by Gasteiger charge is -2.36. The highest BCUT2D eigenvalue weighted by atomic mass is 32.2. The molecular weight excluding hydrogens is 1830 g/mol. The van der Waals surface area contributed by atoms with Crippen LogP contribution in [-0.4, -0.2) is 254 Å². The summed E-state index contributed by atoms with van der Waals surface area (Å²) in [6.45, 7) is 8.51. The third-order valence-corrected chi connectivity index (χ3v) is 20.5. The molecule has 1 aromatic heterocycles. The van der Waals surface area contributed by atoms with Crippen molar-refractivity contribution in [3.8, 4) is 0 Å². The second-order valence-electron chi connectivity index (χ2n) is 28.3. The SMILES string of the molecule is CC(S)CC(=O)OCC(COCC(COC(=O)CC(C)S)(COC(=O)CC(C)S)COC(=O)CC(C)S)(COC(=O)CC(C)S)COC(=O)CC(C)S.CCC(C)c1ccc(CSc2n[nH]c(=S)s2)cc1.O=C(CCS)OCC(COCC(COC(=O)CCS)(COC(=O)CCS)COC(=O)CCS)(COC(=O)CCS)COC(=O)CCS. The summed E-state index contributed by atoms with van der Waals surface area (Å²) in [4.78, 5) is 150. The Kier molecular flexibility index (Phi) is 64.9. The monoisotopic (exact) mass is 1940 g/mol. The molecule has 0 aliphatic heterocycles. The molecule has 1 heterocycles. The first-order valence-electron chi connectivity index (χ1n) is 37.7.